The summed E-state index contributed by atoms with van der Waals surface area (Å²) in [4.78, 5) is 0. The number of nitrogens with one attached hydrogen (secondary N) is 1. The molecule has 0 aliphatic rings. The molecule has 108 valence electrons. The Labute approximate surface area is 126 Å². The van der Waals surface area contributed by atoms with Crippen molar-refractivity contribution in [2.75, 3.05) is 11.9 Å². The van der Waals surface area contributed by atoms with Gasteiger partial charge in [-0.15, -0.1) is 0 Å². The van der Waals surface area contributed by atoms with E-state index in [4.69, 9.17) is 10.00 Å². The normalized spacial score (nSPS) is 11.5. The summed E-state index contributed by atoms with van der Waals surface area (Å²) in [5.41, 5.74) is 4.91. The summed E-state index contributed by atoms with van der Waals surface area (Å²) in [6.07, 6.45) is 0. The lowest BCUT2D eigenvalue weighted by molar-refractivity contribution is 0.368. The van der Waals surface area contributed by atoms with Gasteiger partial charge in [0.25, 0.3) is 0 Å². The second-order valence-electron chi connectivity index (χ2n) is 5.20. The molecule has 2 rings (SSSR count). The average molecular weight is 280 g/mol. The van der Waals surface area contributed by atoms with Gasteiger partial charge >= 0.3 is 0 Å². The van der Waals surface area contributed by atoms with Crippen LogP contribution in [0.15, 0.2) is 42.5 Å². The van der Waals surface area contributed by atoms with Crippen molar-refractivity contribution in [3.63, 3.8) is 0 Å². The molecule has 0 aliphatic carbocycles. The Hall–Kier alpha value is -2.47. The fourth-order valence-electron chi connectivity index (χ4n) is 2.40. The second-order valence-corrected chi connectivity index (χ2v) is 5.20. The smallest absolute Gasteiger partial charge is 0.174 e. The van der Waals surface area contributed by atoms with Crippen LogP contribution < -0.4 is 10.1 Å². The lowest BCUT2D eigenvalue weighted by atomic mass is 10.00. The molecular weight excluding hydrogens is 260 g/mol. The van der Waals surface area contributed by atoms with E-state index in [-0.39, 0.29) is 12.6 Å². The van der Waals surface area contributed by atoms with Crippen LogP contribution in [0.4, 0.5) is 5.69 Å². The monoisotopic (exact) mass is 280 g/mol. The van der Waals surface area contributed by atoms with Crippen LogP contribution in [0.5, 0.6) is 5.75 Å². The highest BCUT2D eigenvalue weighted by Gasteiger charge is 2.08. The molecule has 0 heterocycles. The van der Waals surface area contributed by atoms with Crippen molar-refractivity contribution in [3.05, 3.63) is 59.2 Å². The first-order valence-corrected chi connectivity index (χ1v) is 7.03. The van der Waals surface area contributed by atoms with Crippen molar-refractivity contribution in [1.82, 2.24) is 0 Å². The molecule has 0 fully saturated rings. The quantitative estimate of drug-likeness (QED) is 0.884. The van der Waals surface area contributed by atoms with E-state index < -0.39 is 0 Å². The van der Waals surface area contributed by atoms with E-state index in [9.17, 15) is 0 Å². The number of hydrogen-bond acceptors (Lipinski definition) is 3. The Balaban J connectivity index is 2.05. The van der Waals surface area contributed by atoms with Gasteiger partial charge in [0.2, 0.25) is 0 Å². The molecule has 3 nitrogen and oxygen atoms in total. The van der Waals surface area contributed by atoms with Gasteiger partial charge in [-0.3, -0.25) is 0 Å². The van der Waals surface area contributed by atoms with Gasteiger partial charge in [-0.25, -0.2) is 0 Å². The maximum Gasteiger partial charge on any atom is 0.174 e. The maximum atomic E-state index is 8.49. The molecule has 21 heavy (non-hydrogen) atoms. The standard InChI is InChI=1S/C18H20N2O/c1-13-4-9-18(14(2)12-13)15(3)20-16-5-7-17(8-6-16)21-11-10-19/h4-9,12,15,20H,11H2,1-3H3. The van der Waals surface area contributed by atoms with E-state index in [1.165, 1.54) is 16.7 Å². The van der Waals surface area contributed by atoms with Crippen LogP contribution in [0.1, 0.15) is 29.7 Å². The minimum atomic E-state index is 0.0751. The zero-order valence-corrected chi connectivity index (χ0v) is 12.7. The number of nitriles is 1. The molecule has 1 N–H and O–H groups in total. The summed E-state index contributed by atoms with van der Waals surface area (Å²) >= 11 is 0. The summed E-state index contributed by atoms with van der Waals surface area (Å²) < 4.78 is 5.24. The number of rotatable bonds is 5. The van der Waals surface area contributed by atoms with Gasteiger partial charge in [-0.1, -0.05) is 23.8 Å². The van der Waals surface area contributed by atoms with Crippen LogP contribution in [0.2, 0.25) is 0 Å². The fraction of sp³-hybridized carbons (Fsp3) is 0.278. The van der Waals surface area contributed by atoms with Crippen molar-refractivity contribution < 1.29 is 4.74 Å². The first-order chi connectivity index (χ1) is 10.1. The van der Waals surface area contributed by atoms with Gasteiger partial charge in [-0.05, 0) is 56.2 Å². The summed E-state index contributed by atoms with van der Waals surface area (Å²) in [6.45, 7) is 6.47. The third kappa shape index (κ3) is 4.00. The van der Waals surface area contributed by atoms with Crippen molar-refractivity contribution in [1.29, 1.82) is 5.26 Å². The van der Waals surface area contributed by atoms with Crippen molar-refractivity contribution >= 4 is 5.69 Å². The minimum absolute atomic E-state index is 0.0751. The molecule has 0 bridgehead atoms. The van der Waals surface area contributed by atoms with E-state index in [1.807, 2.05) is 30.3 Å². The summed E-state index contributed by atoms with van der Waals surface area (Å²) in [7, 11) is 0. The molecule has 0 aromatic heterocycles. The zero-order chi connectivity index (χ0) is 15.2. The van der Waals surface area contributed by atoms with Crippen LogP contribution in [0, 0.1) is 25.2 Å². The molecule has 2 aromatic carbocycles. The molecular formula is C18H20N2O. The minimum Gasteiger partial charge on any atom is -0.479 e. The maximum absolute atomic E-state index is 8.49. The molecule has 0 spiro atoms. The number of benzene rings is 2. The fourth-order valence-corrected chi connectivity index (χ4v) is 2.40. The van der Waals surface area contributed by atoms with Crippen molar-refractivity contribution in [3.8, 4) is 11.8 Å². The third-order valence-electron chi connectivity index (χ3n) is 3.43. The Morgan fingerprint density at radius 2 is 1.86 bits per heavy atom. The number of hydrogen-bond donors (Lipinski definition) is 1. The van der Waals surface area contributed by atoms with E-state index in [1.54, 1.807) is 0 Å². The predicted molar refractivity (Wildman–Crippen MR) is 85.5 cm³/mol. The largest absolute Gasteiger partial charge is 0.479 e. The number of aryl methyl sites for hydroxylation is 2. The van der Waals surface area contributed by atoms with E-state index in [2.05, 4.69) is 44.3 Å². The van der Waals surface area contributed by atoms with Gasteiger partial charge in [-0.2, -0.15) is 5.26 Å². The molecule has 0 amide bonds. The SMILES string of the molecule is Cc1ccc(C(C)Nc2ccc(OCC#N)cc2)c(C)c1. The lowest BCUT2D eigenvalue weighted by Crippen LogP contribution is -2.08. The van der Waals surface area contributed by atoms with Gasteiger partial charge in [0, 0.05) is 11.7 Å². The number of anilines is 1. The van der Waals surface area contributed by atoms with Crippen LogP contribution in [-0.4, -0.2) is 6.61 Å². The van der Waals surface area contributed by atoms with E-state index in [0.29, 0.717) is 5.75 Å². The Morgan fingerprint density at radius 1 is 1.14 bits per heavy atom. The molecule has 0 saturated carbocycles. The van der Waals surface area contributed by atoms with Gasteiger partial charge < -0.3 is 10.1 Å². The highest BCUT2D eigenvalue weighted by Crippen LogP contribution is 2.24. The third-order valence-corrected chi connectivity index (χ3v) is 3.43. The first kappa shape index (κ1) is 14.9. The van der Waals surface area contributed by atoms with Gasteiger partial charge in [0.1, 0.15) is 11.8 Å². The Morgan fingerprint density at radius 3 is 2.48 bits per heavy atom. The molecule has 0 aliphatic heterocycles. The van der Waals surface area contributed by atoms with Crippen molar-refractivity contribution in [2.45, 2.75) is 26.8 Å². The Kier molecular flexibility index (Phi) is 4.84. The average Bonchev–Trinajstić information content (AvgIpc) is 2.46. The lowest BCUT2D eigenvalue weighted by Gasteiger charge is -2.18. The van der Waals surface area contributed by atoms with Crippen molar-refractivity contribution in [2.24, 2.45) is 0 Å². The zero-order valence-electron chi connectivity index (χ0n) is 12.7. The van der Waals surface area contributed by atoms with Crippen LogP contribution in [-0.2, 0) is 0 Å². The van der Waals surface area contributed by atoms with Crippen LogP contribution in [0.3, 0.4) is 0 Å². The topological polar surface area (TPSA) is 45.0 Å². The van der Waals surface area contributed by atoms with Crippen LogP contribution in [0.25, 0.3) is 0 Å². The molecule has 3 heteroatoms. The predicted octanol–water partition coefficient (Wildman–Crippen LogP) is 4.38. The molecule has 0 saturated heterocycles. The van der Waals surface area contributed by atoms with Crippen LogP contribution >= 0.6 is 0 Å². The Bertz CT molecular complexity index is 641. The second kappa shape index (κ2) is 6.81. The van der Waals surface area contributed by atoms with E-state index in [0.717, 1.165) is 5.69 Å². The number of nitrogens with zero attached hydrogens (tertiary/aromatic N) is 1. The highest BCUT2D eigenvalue weighted by atomic mass is 16.5. The van der Waals surface area contributed by atoms with Gasteiger partial charge in [0.05, 0.1) is 0 Å². The van der Waals surface area contributed by atoms with Gasteiger partial charge in [0.15, 0.2) is 6.61 Å². The summed E-state index contributed by atoms with van der Waals surface area (Å²) in [6, 6.07) is 16.4. The molecule has 1 atom stereocenters. The number of ether oxygens (including phenoxy) is 1. The molecule has 2 aromatic rings. The molecule has 1 unspecified atom stereocenters. The first-order valence-electron chi connectivity index (χ1n) is 7.03. The molecule has 0 radical (unpaired) electrons. The van der Waals surface area contributed by atoms with E-state index >= 15 is 0 Å². The summed E-state index contributed by atoms with van der Waals surface area (Å²) in [5, 5.41) is 12.0. The highest BCUT2D eigenvalue weighted by molar-refractivity contribution is 5.49. The summed E-state index contributed by atoms with van der Waals surface area (Å²) in [5.74, 6) is 0.710.